The van der Waals surface area contributed by atoms with E-state index in [4.69, 9.17) is 0 Å². The molecule has 0 bridgehead atoms. The van der Waals surface area contributed by atoms with Gasteiger partial charge in [0.05, 0.1) is 5.69 Å². The fourth-order valence-electron chi connectivity index (χ4n) is 2.58. The number of anilines is 1. The summed E-state index contributed by atoms with van der Waals surface area (Å²) < 4.78 is 0. The third-order valence-electron chi connectivity index (χ3n) is 3.62. The summed E-state index contributed by atoms with van der Waals surface area (Å²) in [5, 5.41) is 4.99. The summed E-state index contributed by atoms with van der Waals surface area (Å²) in [6.45, 7) is 0. The van der Waals surface area contributed by atoms with Crippen molar-refractivity contribution in [1.29, 1.82) is 0 Å². The summed E-state index contributed by atoms with van der Waals surface area (Å²) in [4.78, 5) is 18.7. The highest BCUT2D eigenvalue weighted by molar-refractivity contribution is 6.09. The van der Waals surface area contributed by atoms with E-state index in [0.717, 1.165) is 27.5 Å². The Morgan fingerprint density at radius 2 is 1.81 bits per heavy atom. The van der Waals surface area contributed by atoms with E-state index in [0.29, 0.717) is 5.69 Å². The van der Waals surface area contributed by atoms with Crippen molar-refractivity contribution in [2.24, 2.45) is 0 Å². The first kappa shape index (κ1) is 11.8. The molecule has 0 fully saturated rings. The van der Waals surface area contributed by atoms with Crippen LogP contribution in [0.1, 0.15) is 10.5 Å². The number of H-pyrrole nitrogens is 2. The van der Waals surface area contributed by atoms with Crippen molar-refractivity contribution in [2.75, 3.05) is 5.32 Å². The maximum Gasteiger partial charge on any atom is 0.272 e. The highest BCUT2D eigenvalue weighted by Crippen LogP contribution is 2.23. The third kappa shape index (κ3) is 1.97. The smallest absolute Gasteiger partial charge is 0.272 e. The SMILES string of the molecule is O=C(Nc1cccc2[nH]ccc12)c1cc2ccccc2[nH]1. The van der Waals surface area contributed by atoms with Gasteiger partial charge >= 0.3 is 0 Å². The van der Waals surface area contributed by atoms with E-state index in [1.807, 2.05) is 60.8 Å². The summed E-state index contributed by atoms with van der Waals surface area (Å²) in [6.07, 6.45) is 1.86. The second-order valence-corrected chi connectivity index (χ2v) is 4.97. The number of amides is 1. The first-order chi connectivity index (χ1) is 10.3. The lowest BCUT2D eigenvalue weighted by atomic mass is 10.2. The number of hydrogen-bond donors (Lipinski definition) is 3. The minimum atomic E-state index is -0.139. The van der Waals surface area contributed by atoms with Crippen LogP contribution in [0.2, 0.25) is 0 Å². The van der Waals surface area contributed by atoms with Gasteiger partial charge in [-0.3, -0.25) is 4.79 Å². The monoisotopic (exact) mass is 275 g/mol. The van der Waals surface area contributed by atoms with Crippen molar-refractivity contribution >= 4 is 33.4 Å². The van der Waals surface area contributed by atoms with Gasteiger partial charge in [0.25, 0.3) is 5.91 Å². The van der Waals surface area contributed by atoms with Gasteiger partial charge < -0.3 is 15.3 Å². The first-order valence-electron chi connectivity index (χ1n) is 6.76. The molecule has 0 atom stereocenters. The molecule has 0 unspecified atom stereocenters. The van der Waals surface area contributed by atoms with Crippen LogP contribution in [-0.2, 0) is 0 Å². The normalized spacial score (nSPS) is 11.0. The molecule has 2 aromatic carbocycles. The Morgan fingerprint density at radius 1 is 0.952 bits per heavy atom. The van der Waals surface area contributed by atoms with Crippen molar-refractivity contribution in [2.45, 2.75) is 0 Å². The molecule has 1 amide bonds. The largest absolute Gasteiger partial charge is 0.361 e. The Bertz CT molecular complexity index is 916. The van der Waals surface area contributed by atoms with E-state index in [-0.39, 0.29) is 5.91 Å². The molecule has 0 aliphatic carbocycles. The second kappa shape index (κ2) is 4.52. The lowest BCUT2D eigenvalue weighted by Crippen LogP contribution is -2.12. The number of aromatic amines is 2. The second-order valence-electron chi connectivity index (χ2n) is 4.97. The fourth-order valence-corrected chi connectivity index (χ4v) is 2.58. The summed E-state index contributed by atoms with van der Waals surface area (Å²) >= 11 is 0. The number of benzene rings is 2. The number of carbonyl (C=O) groups excluding carboxylic acids is 1. The Morgan fingerprint density at radius 3 is 2.71 bits per heavy atom. The first-order valence-corrected chi connectivity index (χ1v) is 6.76. The average molecular weight is 275 g/mol. The Hall–Kier alpha value is -3.01. The lowest BCUT2D eigenvalue weighted by Gasteiger charge is -2.05. The summed E-state index contributed by atoms with van der Waals surface area (Å²) in [5.41, 5.74) is 3.33. The number of para-hydroxylation sites is 1. The van der Waals surface area contributed by atoms with E-state index >= 15 is 0 Å². The van der Waals surface area contributed by atoms with Crippen LogP contribution < -0.4 is 5.32 Å². The highest BCUT2D eigenvalue weighted by Gasteiger charge is 2.11. The Kier molecular flexibility index (Phi) is 2.54. The quantitative estimate of drug-likeness (QED) is 0.510. The zero-order valence-electron chi connectivity index (χ0n) is 11.2. The van der Waals surface area contributed by atoms with Crippen LogP contribution in [0.25, 0.3) is 21.8 Å². The zero-order chi connectivity index (χ0) is 14.2. The fraction of sp³-hybridized carbons (Fsp3) is 0. The standard InChI is InChI=1S/C17H13N3O/c21-17(16-10-11-4-1-2-5-13(11)19-16)20-15-7-3-6-14-12(15)8-9-18-14/h1-10,18-19H,(H,20,21). The number of nitrogens with one attached hydrogen (secondary N) is 3. The topological polar surface area (TPSA) is 60.7 Å². The van der Waals surface area contributed by atoms with Gasteiger partial charge in [-0.1, -0.05) is 24.3 Å². The van der Waals surface area contributed by atoms with E-state index in [1.54, 1.807) is 0 Å². The van der Waals surface area contributed by atoms with Gasteiger partial charge in [-0.2, -0.15) is 0 Å². The molecule has 0 aliphatic rings. The minimum absolute atomic E-state index is 0.139. The predicted molar refractivity (Wildman–Crippen MR) is 84.6 cm³/mol. The van der Waals surface area contributed by atoms with Gasteiger partial charge in [-0.05, 0) is 30.3 Å². The summed E-state index contributed by atoms with van der Waals surface area (Å²) in [6, 6.07) is 17.5. The lowest BCUT2D eigenvalue weighted by molar-refractivity contribution is 0.102. The molecular formula is C17H13N3O. The van der Waals surface area contributed by atoms with Crippen LogP contribution in [-0.4, -0.2) is 15.9 Å². The number of aromatic nitrogens is 2. The molecule has 2 aromatic heterocycles. The molecule has 4 heteroatoms. The zero-order valence-corrected chi connectivity index (χ0v) is 11.2. The number of fused-ring (bicyclic) bond motifs is 2. The van der Waals surface area contributed by atoms with Crippen LogP contribution in [0.3, 0.4) is 0 Å². The molecule has 3 N–H and O–H groups in total. The molecule has 0 saturated carbocycles. The van der Waals surface area contributed by atoms with Crippen LogP contribution in [0.4, 0.5) is 5.69 Å². The Labute approximate surface area is 120 Å². The Balaban J connectivity index is 1.70. The van der Waals surface area contributed by atoms with Crippen LogP contribution in [0.5, 0.6) is 0 Å². The van der Waals surface area contributed by atoms with Gasteiger partial charge in [0.15, 0.2) is 0 Å². The van der Waals surface area contributed by atoms with E-state index in [9.17, 15) is 4.79 Å². The van der Waals surface area contributed by atoms with Gasteiger partial charge in [-0.25, -0.2) is 0 Å². The number of hydrogen-bond acceptors (Lipinski definition) is 1. The molecule has 0 radical (unpaired) electrons. The van der Waals surface area contributed by atoms with E-state index < -0.39 is 0 Å². The molecule has 0 spiro atoms. The molecule has 0 aliphatic heterocycles. The molecule has 4 nitrogen and oxygen atoms in total. The van der Waals surface area contributed by atoms with Crippen molar-refractivity contribution < 1.29 is 4.79 Å². The molecule has 2 heterocycles. The maximum absolute atomic E-state index is 12.4. The molecule has 4 aromatic rings. The maximum atomic E-state index is 12.4. The summed E-state index contributed by atoms with van der Waals surface area (Å²) in [7, 11) is 0. The molecule has 4 rings (SSSR count). The average Bonchev–Trinajstić information content (AvgIpc) is 3.14. The van der Waals surface area contributed by atoms with Crippen molar-refractivity contribution in [3.05, 3.63) is 66.5 Å². The molecule has 0 saturated heterocycles. The van der Waals surface area contributed by atoms with E-state index in [2.05, 4.69) is 15.3 Å². The van der Waals surface area contributed by atoms with Gasteiger partial charge in [0.1, 0.15) is 5.69 Å². The van der Waals surface area contributed by atoms with Crippen LogP contribution in [0, 0.1) is 0 Å². The van der Waals surface area contributed by atoms with Gasteiger partial charge in [-0.15, -0.1) is 0 Å². The van der Waals surface area contributed by atoms with E-state index in [1.165, 1.54) is 0 Å². The number of rotatable bonds is 2. The third-order valence-corrected chi connectivity index (χ3v) is 3.62. The van der Waals surface area contributed by atoms with Crippen molar-refractivity contribution in [3.63, 3.8) is 0 Å². The number of carbonyl (C=O) groups is 1. The molecular weight excluding hydrogens is 262 g/mol. The molecule has 102 valence electrons. The predicted octanol–water partition coefficient (Wildman–Crippen LogP) is 3.90. The summed E-state index contributed by atoms with van der Waals surface area (Å²) in [5.74, 6) is -0.139. The van der Waals surface area contributed by atoms with Crippen molar-refractivity contribution in [1.82, 2.24) is 9.97 Å². The minimum Gasteiger partial charge on any atom is -0.361 e. The van der Waals surface area contributed by atoms with Crippen molar-refractivity contribution in [3.8, 4) is 0 Å². The highest BCUT2D eigenvalue weighted by atomic mass is 16.1. The van der Waals surface area contributed by atoms with Crippen LogP contribution >= 0.6 is 0 Å². The van der Waals surface area contributed by atoms with Gasteiger partial charge in [0, 0.05) is 28.0 Å². The molecule has 21 heavy (non-hydrogen) atoms. The van der Waals surface area contributed by atoms with Crippen LogP contribution in [0.15, 0.2) is 60.8 Å². The van der Waals surface area contributed by atoms with Gasteiger partial charge in [0.2, 0.25) is 0 Å².